The molecule has 2 heterocycles. The van der Waals surface area contributed by atoms with Crippen LogP contribution in [0.15, 0.2) is 0 Å². The summed E-state index contributed by atoms with van der Waals surface area (Å²) in [6.07, 6.45) is 0. The zero-order valence-corrected chi connectivity index (χ0v) is 19.0. The Morgan fingerprint density at radius 1 is 0.542 bits per heavy atom. The van der Waals surface area contributed by atoms with Gasteiger partial charge >= 0.3 is 0 Å². The quantitative estimate of drug-likeness (QED) is 0.538. The SMILES string of the molecule is CC(C)[C@@]1(C)O[C@@]1(C)C(C)(C)C.CC(C)[C@@]1(C)O[C@]1(C)C(C)(C)C. The van der Waals surface area contributed by atoms with Gasteiger partial charge in [0.15, 0.2) is 0 Å². The second-order valence-electron chi connectivity index (χ2n) is 11.3. The standard InChI is InChI=1S/2C11H22O/c2*1-8(2)10(6)11(7,12-10)9(3,4)5/h2*8H,1-7H3/t10-,11+;10-,11-/m11/s1. The summed E-state index contributed by atoms with van der Waals surface area (Å²) in [6, 6.07) is 0. The van der Waals surface area contributed by atoms with Crippen LogP contribution in [0.3, 0.4) is 0 Å². The van der Waals surface area contributed by atoms with Gasteiger partial charge in [-0.3, -0.25) is 0 Å². The van der Waals surface area contributed by atoms with Crippen molar-refractivity contribution in [1.82, 2.24) is 0 Å². The molecule has 2 nitrogen and oxygen atoms in total. The first-order valence-corrected chi connectivity index (χ1v) is 9.70. The molecule has 0 aromatic heterocycles. The van der Waals surface area contributed by atoms with E-state index in [9.17, 15) is 0 Å². The van der Waals surface area contributed by atoms with Gasteiger partial charge in [0, 0.05) is 0 Å². The van der Waals surface area contributed by atoms with Crippen molar-refractivity contribution in [3.8, 4) is 0 Å². The largest absolute Gasteiger partial charge is 0.362 e. The maximum Gasteiger partial charge on any atom is 0.0999 e. The van der Waals surface area contributed by atoms with Crippen LogP contribution in [0.4, 0.5) is 0 Å². The highest BCUT2D eigenvalue weighted by molar-refractivity contribution is 5.18. The van der Waals surface area contributed by atoms with Gasteiger partial charge in [-0.05, 0) is 50.4 Å². The van der Waals surface area contributed by atoms with Crippen molar-refractivity contribution < 1.29 is 9.47 Å². The molecule has 0 N–H and O–H groups in total. The Hall–Kier alpha value is -0.0800. The van der Waals surface area contributed by atoms with E-state index in [2.05, 4.69) is 96.9 Å². The molecule has 0 aromatic rings. The Morgan fingerprint density at radius 2 is 0.750 bits per heavy atom. The van der Waals surface area contributed by atoms with Gasteiger partial charge in [-0.25, -0.2) is 0 Å². The monoisotopic (exact) mass is 340 g/mol. The van der Waals surface area contributed by atoms with Gasteiger partial charge in [0.05, 0.1) is 22.4 Å². The third-order valence-electron chi connectivity index (χ3n) is 7.71. The molecule has 0 bridgehead atoms. The van der Waals surface area contributed by atoms with Crippen LogP contribution in [-0.4, -0.2) is 22.4 Å². The minimum atomic E-state index is 0.0637. The van der Waals surface area contributed by atoms with Crippen LogP contribution in [0.25, 0.3) is 0 Å². The molecule has 4 atom stereocenters. The number of ether oxygens (including phenoxy) is 2. The molecule has 2 fully saturated rings. The summed E-state index contributed by atoms with van der Waals surface area (Å²) < 4.78 is 11.8. The lowest BCUT2D eigenvalue weighted by Crippen LogP contribution is -2.36. The van der Waals surface area contributed by atoms with Gasteiger partial charge in [-0.1, -0.05) is 69.2 Å². The Morgan fingerprint density at radius 3 is 0.792 bits per heavy atom. The Labute approximate surface area is 152 Å². The van der Waals surface area contributed by atoms with Gasteiger partial charge < -0.3 is 9.47 Å². The fraction of sp³-hybridized carbons (Fsp3) is 1.00. The maximum atomic E-state index is 5.92. The van der Waals surface area contributed by atoms with E-state index in [1.165, 1.54) is 0 Å². The minimum absolute atomic E-state index is 0.0637. The van der Waals surface area contributed by atoms with E-state index in [1.807, 2.05) is 0 Å². The number of hydrogen-bond donors (Lipinski definition) is 0. The molecular formula is C22H44O2. The molecule has 0 saturated carbocycles. The van der Waals surface area contributed by atoms with Crippen LogP contribution >= 0.6 is 0 Å². The molecule has 2 aliphatic heterocycles. The summed E-state index contributed by atoms with van der Waals surface area (Å²) in [6.45, 7) is 31.3. The predicted molar refractivity (Wildman–Crippen MR) is 104 cm³/mol. The predicted octanol–water partition coefficient (Wildman–Crippen LogP) is 6.47. The van der Waals surface area contributed by atoms with Crippen molar-refractivity contribution in [2.24, 2.45) is 22.7 Å². The van der Waals surface area contributed by atoms with E-state index < -0.39 is 0 Å². The number of hydrogen-bond acceptors (Lipinski definition) is 2. The average Bonchev–Trinajstić information content (AvgIpc) is 3.13. The molecule has 0 amide bonds. The van der Waals surface area contributed by atoms with Crippen LogP contribution in [0.5, 0.6) is 0 Å². The summed E-state index contributed by atoms with van der Waals surface area (Å²) in [5.41, 5.74) is 0.789. The van der Waals surface area contributed by atoms with Crippen LogP contribution in [0.1, 0.15) is 96.9 Å². The molecule has 144 valence electrons. The molecule has 0 aliphatic carbocycles. The molecule has 2 heteroatoms. The van der Waals surface area contributed by atoms with Crippen molar-refractivity contribution in [2.45, 2.75) is 119 Å². The number of epoxide rings is 2. The Bertz CT molecular complexity index is 423. The lowest BCUT2D eigenvalue weighted by molar-refractivity contribution is 0.169. The second-order valence-corrected chi connectivity index (χ2v) is 11.3. The van der Waals surface area contributed by atoms with Crippen molar-refractivity contribution in [3.63, 3.8) is 0 Å². The smallest absolute Gasteiger partial charge is 0.0999 e. The molecular weight excluding hydrogens is 296 g/mol. The highest BCUT2D eigenvalue weighted by atomic mass is 16.6. The first-order chi connectivity index (χ1) is 10.3. The fourth-order valence-corrected chi connectivity index (χ4v) is 3.93. The summed E-state index contributed by atoms with van der Waals surface area (Å²) in [7, 11) is 0. The maximum absolute atomic E-state index is 5.92. The summed E-state index contributed by atoms with van der Waals surface area (Å²) in [5.74, 6) is 1.20. The topological polar surface area (TPSA) is 25.1 Å². The third-order valence-corrected chi connectivity index (χ3v) is 7.71. The minimum Gasteiger partial charge on any atom is -0.362 e. The van der Waals surface area contributed by atoms with E-state index in [4.69, 9.17) is 9.47 Å². The van der Waals surface area contributed by atoms with Gasteiger partial charge in [0.25, 0.3) is 0 Å². The molecule has 2 rings (SSSR count). The highest BCUT2D eigenvalue weighted by Gasteiger charge is 2.70. The third kappa shape index (κ3) is 3.07. The summed E-state index contributed by atoms with van der Waals surface area (Å²) in [5, 5.41) is 0. The molecule has 0 radical (unpaired) electrons. The zero-order chi connectivity index (χ0) is 19.6. The lowest BCUT2D eigenvalue weighted by Gasteiger charge is -2.28. The van der Waals surface area contributed by atoms with E-state index in [-0.39, 0.29) is 33.2 Å². The van der Waals surface area contributed by atoms with E-state index in [1.54, 1.807) is 0 Å². The second kappa shape index (κ2) is 5.71. The first-order valence-electron chi connectivity index (χ1n) is 9.70. The van der Waals surface area contributed by atoms with Gasteiger partial charge in [-0.15, -0.1) is 0 Å². The van der Waals surface area contributed by atoms with Crippen LogP contribution in [0.2, 0.25) is 0 Å². The fourth-order valence-electron chi connectivity index (χ4n) is 3.93. The highest BCUT2D eigenvalue weighted by Crippen LogP contribution is 2.61. The van der Waals surface area contributed by atoms with Crippen molar-refractivity contribution >= 4 is 0 Å². The average molecular weight is 341 g/mol. The molecule has 0 unspecified atom stereocenters. The Kier molecular flexibility index (Phi) is 5.22. The summed E-state index contributed by atoms with van der Waals surface area (Å²) >= 11 is 0. The number of rotatable bonds is 2. The van der Waals surface area contributed by atoms with Crippen molar-refractivity contribution in [2.75, 3.05) is 0 Å². The van der Waals surface area contributed by atoms with E-state index >= 15 is 0 Å². The van der Waals surface area contributed by atoms with Crippen molar-refractivity contribution in [1.29, 1.82) is 0 Å². The van der Waals surface area contributed by atoms with Crippen LogP contribution in [-0.2, 0) is 9.47 Å². The normalized spacial score (nSPS) is 42.0. The van der Waals surface area contributed by atoms with Crippen LogP contribution < -0.4 is 0 Å². The molecule has 24 heavy (non-hydrogen) atoms. The lowest BCUT2D eigenvalue weighted by atomic mass is 9.71. The molecule has 0 aromatic carbocycles. The zero-order valence-electron chi connectivity index (χ0n) is 19.0. The van der Waals surface area contributed by atoms with Gasteiger partial charge in [0.1, 0.15) is 0 Å². The Balaban J connectivity index is 0.000000240. The molecule has 0 spiro atoms. The molecule has 2 aliphatic rings. The first kappa shape index (κ1) is 22.0. The van der Waals surface area contributed by atoms with Crippen molar-refractivity contribution in [3.05, 3.63) is 0 Å². The van der Waals surface area contributed by atoms with Gasteiger partial charge in [0.2, 0.25) is 0 Å². The van der Waals surface area contributed by atoms with Gasteiger partial charge in [-0.2, -0.15) is 0 Å². The van der Waals surface area contributed by atoms with Crippen LogP contribution in [0, 0.1) is 22.7 Å². The summed E-state index contributed by atoms with van der Waals surface area (Å²) in [4.78, 5) is 0. The van der Waals surface area contributed by atoms with E-state index in [0.717, 1.165) is 0 Å². The van der Waals surface area contributed by atoms with E-state index in [0.29, 0.717) is 11.8 Å². The molecule has 2 saturated heterocycles.